The Morgan fingerprint density at radius 3 is 2.60 bits per heavy atom. The van der Waals surface area contributed by atoms with Crippen molar-refractivity contribution in [1.82, 2.24) is 5.32 Å². The zero-order valence-corrected chi connectivity index (χ0v) is 14.5. The van der Waals surface area contributed by atoms with Crippen molar-refractivity contribution in [1.29, 1.82) is 0 Å². The van der Waals surface area contributed by atoms with Gasteiger partial charge >= 0.3 is 0 Å². The maximum absolute atomic E-state index is 5.18. The van der Waals surface area contributed by atoms with Crippen LogP contribution < -0.4 is 5.32 Å². The summed E-state index contributed by atoms with van der Waals surface area (Å²) in [5.74, 6) is 2.56. The van der Waals surface area contributed by atoms with E-state index < -0.39 is 0 Å². The first-order valence-corrected chi connectivity index (χ1v) is 8.64. The fourth-order valence-corrected chi connectivity index (χ4v) is 3.61. The lowest BCUT2D eigenvalue weighted by Crippen LogP contribution is -2.37. The van der Waals surface area contributed by atoms with Gasteiger partial charge in [-0.05, 0) is 61.9 Å². The molecule has 1 N–H and O–H groups in total. The van der Waals surface area contributed by atoms with Crippen LogP contribution in [0.4, 0.5) is 0 Å². The Balaban J connectivity index is 2.38. The summed E-state index contributed by atoms with van der Waals surface area (Å²) in [4.78, 5) is 0. The second kappa shape index (κ2) is 9.04. The molecule has 2 unspecified atom stereocenters. The van der Waals surface area contributed by atoms with E-state index in [-0.39, 0.29) is 0 Å². The van der Waals surface area contributed by atoms with E-state index >= 15 is 0 Å². The average molecular weight is 284 g/mol. The number of ether oxygens (including phenoxy) is 1. The van der Waals surface area contributed by atoms with E-state index in [2.05, 4.69) is 33.0 Å². The third-order valence-corrected chi connectivity index (χ3v) is 4.81. The molecule has 20 heavy (non-hydrogen) atoms. The molecule has 0 radical (unpaired) electrons. The molecular weight excluding hydrogens is 246 g/mol. The van der Waals surface area contributed by atoms with Crippen molar-refractivity contribution in [3.05, 3.63) is 0 Å². The topological polar surface area (TPSA) is 21.3 Å². The zero-order valence-electron chi connectivity index (χ0n) is 14.5. The molecule has 2 atom stereocenters. The van der Waals surface area contributed by atoms with Gasteiger partial charge < -0.3 is 10.1 Å². The van der Waals surface area contributed by atoms with Crippen LogP contribution in [0, 0.1) is 23.2 Å². The summed E-state index contributed by atoms with van der Waals surface area (Å²) >= 11 is 0. The molecule has 1 aliphatic carbocycles. The molecule has 0 aromatic carbocycles. The van der Waals surface area contributed by atoms with E-state index in [1.807, 2.05) is 7.11 Å². The van der Waals surface area contributed by atoms with Crippen molar-refractivity contribution in [2.45, 2.75) is 66.2 Å². The summed E-state index contributed by atoms with van der Waals surface area (Å²) in [6.45, 7) is 12.8. The van der Waals surface area contributed by atoms with Gasteiger partial charge in [-0.2, -0.15) is 0 Å². The quantitative estimate of drug-likeness (QED) is 0.629. The van der Waals surface area contributed by atoms with Crippen LogP contribution in [0.25, 0.3) is 0 Å². The van der Waals surface area contributed by atoms with Crippen LogP contribution in [0.1, 0.15) is 66.2 Å². The number of hydrogen-bond donors (Lipinski definition) is 1. The number of rotatable bonds is 9. The van der Waals surface area contributed by atoms with Gasteiger partial charge in [-0.1, -0.05) is 40.5 Å². The first-order chi connectivity index (χ1) is 9.44. The molecule has 1 saturated carbocycles. The molecule has 0 aromatic rings. The molecule has 0 bridgehead atoms. The van der Waals surface area contributed by atoms with Gasteiger partial charge in [0.15, 0.2) is 0 Å². The standard InChI is InChI=1S/C18H37NO/c1-15(2)13-19-14-17-9-10-18(3,4)12-16(17)8-6-7-11-20-5/h15-17,19H,6-14H2,1-5H3. The smallest absolute Gasteiger partial charge is 0.0462 e. The number of methoxy groups -OCH3 is 1. The lowest BCUT2D eigenvalue weighted by atomic mass is 9.66. The molecule has 0 heterocycles. The summed E-state index contributed by atoms with van der Waals surface area (Å²) < 4.78 is 5.18. The fourth-order valence-electron chi connectivity index (χ4n) is 3.61. The molecule has 0 saturated heterocycles. The minimum atomic E-state index is 0.556. The maximum atomic E-state index is 5.18. The first-order valence-electron chi connectivity index (χ1n) is 8.64. The molecule has 120 valence electrons. The lowest BCUT2D eigenvalue weighted by Gasteiger charge is -2.41. The monoisotopic (exact) mass is 283 g/mol. The van der Waals surface area contributed by atoms with E-state index in [1.165, 1.54) is 45.1 Å². The average Bonchev–Trinajstić information content (AvgIpc) is 2.36. The third-order valence-electron chi connectivity index (χ3n) is 4.81. The summed E-state index contributed by atoms with van der Waals surface area (Å²) in [5, 5.41) is 3.69. The highest BCUT2D eigenvalue weighted by atomic mass is 16.5. The van der Waals surface area contributed by atoms with E-state index in [0.29, 0.717) is 5.41 Å². The third kappa shape index (κ3) is 7.08. The summed E-state index contributed by atoms with van der Waals surface area (Å²) in [6, 6.07) is 0. The van der Waals surface area contributed by atoms with Crippen molar-refractivity contribution in [3.63, 3.8) is 0 Å². The molecule has 1 rings (SSSR count). The summed E-state index contributed by atoms with van der Waals surface area (Å²) in [7, 11) is 1.81. The molecule has 0 amide bonds. The van der Waals surface area contributed by atoms with E-state index in [9.17, 15) is 0 Å². The molecule has 2 nitrogen and oxygen atoms in total. The van der Waals surface area contributed by atoms with Crippen molar-refractivity contribution < 1.29 is 4.74 Å². The van der Waals surface area contributed by atoms with Crippen molar-refractivity contribution in [3.8, 4) is 0 Å². The zero-order chi connectivity index (χ0) is 15.0. The minimum Gasteiger partial charge on any atom is -0.385 e. The number of unbranched alkanes of at least 4 members (excludes halogenated alkanes) is 1. The van der Waals surface area contributed by atoms with Gasteiger partial charge in [-0.25, -0.2) is 0 Å². The molecule has 0 spiro atoms. The van der Waals surface area contributed by atoms with Gasteiger partial charge in [0, 0.05) is 13.7 Å². The second-order valence-electron chi connectivity index (χ2n) is 7.97. The first kappa shape index (κ1) is 18.0. The van der Waals surface area contributed by atoms with Crippen LogP contribution in [-0.4, -0.2) is 26.8 Å². The Labute approximate surface area is 127 Å². The van der Waals surface area contributed by atoms with Gasteiger partial charge in [-0.15, -0.1) is 0 Å². The van der Waals surface area contributed by atoms with Crippen LogP contribution in [-0.2, 0) is 4.74 Å². The Hall–Kier alpha value is -0.0800. The number of hydrogen-bond acceptors (Lipinski definition) is 2. The predicted octanol–water partition coefficient (Wildman–Crippen LogP) is 4.49. The molecular formula is C18H37NO. The van der Waals surface area contributed by atoms with Crippen LogP contribution in [0.3, 0.4) is 0 Å². The van der Waals surface area contributed by atoms with Crippen molar-refractivity contribution in [2.24, 2.45) is 23.2 Å². The summed E-state index contributed by atoms with van der Waals surface area (Å²) in [5.41, 5.74) is 0.556. The Kier molecular flexibility index (Phi) is 8.13. The summed E-state index contributed by atoms with van der Waals surface area (Å²) in [6.07, 6.45) is 8.16. The SMILES string of the molecule is COCCCCC1CC(C)(C)CCC1CNCC(C)C. The fraction of sp³-hybridized carbons (Fsp3) is 1.00. The van der Waals surface area contributed by atoms with Crippen molar-refractivity contribution in [2.75, 3.05) is 26.8 Å². The van der Waals surface area contributed by atoms with Crippen LogP contribution in [0.15, 0.2) is 0 Å². The predicted molar refractivity (Wildman–Crippen MR) is 88.0 cm³/mol. The maximum Gasteiger partial charge on any atom is 0.0462 e. The minimum absolute atomic E-state index is 0.556. The Morgan fingerprint density at radius 2 is 1.95 bits per heavy atom. The van der Waals surface area contributed by atoms with Crippen molar-refractivity contribution >= 4 is 0 Å². The lowest BCUT2D eigenvalue weighted by molar-refractivity contribution is 0.104. The number of nitrogens with one attached hydrogen (secondary N) is 1. The second-order valence-corrected chi connectivity index (χ2v) is 7.97. The normalized spacial score (nSPS) is 26.1. The van der Waals surface area contributed by atoms with Crippen LogP contribution in [0.2, 0.25) is 0 Å². The highest BCUT2D eigenvalue weighted by molar-refractivity contribution is 4.86. The highest BCUT2D eigenvalue weighted by Gasteiger charge is 2.34. The van der Waals surface area contributed by atoms with E-state index in [4.69, 9.17) is 4.74 Å². The van der Waals surface area contributed by atoms with Gasteiger partial charge in [-0.3, -0.25) is 0 Å². The molecule has 2 heteroatoms. The van der Waals surface area contributed by atoms with Crippen LogP contribution in [0.5, 0.6) is 0 Å². The Bertz CT molecular complexity index is 250. The largest absolute Gasteiger partial charge is 0.385 e. The highest BCUT2D eigenvalue weighted by Crippen LogP contribution is 2.43. The Morgan fingerprint density at radius 1 is 1.20 bits per heavy atom. The van der Waals surface area contributed by atoms with Gasteiger partial charge in [0.25, 0.3) is 0 Å². The molecule has 0 aromatic heterocycles. The van der Waals surface area contributed by atoms with Crippen LogP contribution >= 0.6 is 0 Å². The van der Waals surface area contributed by atoms with E-state index in [1.54, 1.807) is 0 Å². The van der Waals surface area contributed by atoms with Gasteiger partial charge in [0.05, 0.1) is 0 Å². The molecule has 1 aliphatic rings. The van der Waals surface area contributed by atoms with Gasteiger partial charge in [0.2, 0.25) is 0 Å². The van der Waals surface area contributed by atoms with E-state index in [0.717, 1.165) is 30.9 Å². The molecule has 1 fully saturated rings. The van der Waals surface area contributed by atoms with Gasteiger partial charge in [0.1, 0.15) is 0 Å². The molecule has 0 aliphatic heterocycles.